The van der Waals surface area contributed by atoms with E-state index in [1.165, 1.54) is 12.1 Å². The fraction of sp³-hybridized carbons (Fsp3) is 0.333. The SMILES string of the molecule is C=CC(=O)Nc1ccc(C2=N[C@@H](C(CC)C(=O)NCCOCCOCCOCCNC(=O)c3ccc(-c4c5ccc(=[N+](C)C)cc-5oc5cc(N(C)C)ccc45)c(C(=O)[O-])c3)c3nnc(C)n3-c3sc(C)c(C)c32)cc1. The van der Waals surface area contributed by atoms with E-state index in [-0.39, 0.29) is 55.9 Å². The number of hydrogen-bond donors (Lipinski definition) is 3. The molecule has 19 heteroatoms. The van der Waals surface area contributed by atoms with Gasteiger partial charge in [-0.25, -0.2) is 4.58 Å². The third-order valence-electron chi connectivity index (χ3n) is 13.3. The van der Waals surface area contributed by atoms with Crippen LogP contribution in [0.4, 0.5) is 11.4 Å². The molecule has 0 saturated heterocycles. The number of thiophene rings is 1. The van der Waals surface area contributed by atoms with Crippen molar-refractivity contribution in [2.75, 3.05) is 91.1 Å². The minimum absolute atomic E-state index is 0.124. The number of aryl methyl sites for hydroxylation is 2. The standard InChI is InChI=1S/C57H63N9O9S/c1-10-41(52-53-63-62-35(5)66(53)56-49(33(3)34(4)76-56)51(61-52)36-12-15-38(16-13-36)60-48(67)11-2)55(69)59-23-25-73-27-29-74-28-26-72-24-22-58-54(68)37-14-19-42(45(30-37)57(70)71)50-43-20-17-39(64(6)7)31-46(43)75-47-32-40(65(8)9)18-21-44(47)50/h11-21,30-32,41,52H,2,10,22-29H2,1,3-9H3,(H3-,58,59,60,61,67,68,69,70,71)/t41?,52-/m0/s1. The van der Waals surface area contributed by atoms with E-state index in [2.05, 4.69) is 46.6 Å². The lowest BCUT2D eigenvalue weighted by Crippen LogP contribution is -2.36. The first-order chi connectivity index (χ1) is 36.6. The van der Waals surface area contributed by atoms with E-state index >= 15 is 0 Å². The third kappa shape index (κ3) is 11.8. The van der Waals surface area contributed by atoms with Gasteiger partial charge in [0.05, 0.1) is 63.3 Å². The number of nitrogens with zero attached hydrogens (tertiary/aromatic N) is 6. The molecule has 396 valence electrons. The second-order valence-corrected chi connectivity index (χ2v) is 19.9. The quantitative estimate of drug-likeness (QED) is 0.0314. The number of benzene rings is 4. The highest BCUT2D eigenvalue weighted by Gasteiger charge is 2.37. The second-order valence-electron chi connectivity index (χ2n) is 18.7. The maximum absolute atomic E-state index is 13.9. The number of carbonyl (C=O) groups excluding carboxylic acids is 4. The molecule has 0 spiro atoms. The summed E-state index contributed by atoms with van der Waals surface area (Å²) >= 11 is 1.63. The summed E-state index contributed by atoms with van der Waals surface area (Å²) in [5, 5.41) is 32.9. The Hall–Kier alpha value is -7.84. The van der Waals surface area contributed by atoms with Gasteiger partial charge in [-0.2, -0.15) is 0 Å². The number of hydrogen-bond acceptors (Lipinski definition) is 14. The number of aromatic nitrogens is 3. The Labute approximate surface area is 445 Å². The number of aliphatic imine (C=N–C) groups is 1. The van der Waals surface area contributed by atoms with Gasteiger partial charge in [0.15, 0.2) is 5.82 Å². The number of aromatic carboxylic acids is 1. The normalized spacial score (nSPS) is 13.3. The molecule has 5 aromatic rings. The van der Waals surface area contributed by atoms with Gasteiger partial charge in [0.25, 0.3) is 5.91 Å². The topological polar surface area (TPSA) is 218 Å². The van der Waals surface area contributed by atoms with Crippen LogP contribution in [-0.4, -0.2) is 125 Å². The zero-order valence-electron chi connectivity index (χ0n) is 44.1. The molecular weight excluding hydrogens is 987 g/mol. The number of carbonyl (C=O) groups is 4. The molecule has 2 aromatic heterocycles. The largest absolute Gasteiger partial charge is 0.545 e. The fourth-order valence-electron chi connectivity index (χ4n) is 9.12. The van der Waals surface area contributed by atoms with E-state index < -0.39 is 23.8 Å². The van der Waals surface area contributed by atoms with Gasteiger partial charge in [-0.1, -0.05) is 31.7 Å². The minimum Gasteiger partial charge on any atom is -0.545 e. The van der Waals surface area contributed by atoms with Gasteiger partial charge < -0.3 is 49.4 Å². The van der Waals surface area contributed by atoms with E-state index in [9.17, 15) is 24.3 Å². The van der Waals surface area contributed by atoms with Crippen LogP contribution >= 0.6 is 11.3 Å². The Bertz CT molecular complexity index is 3390. The van der Waals surface area contributed by atoms with Gasteiger partial charge in [-0.05, 0) is 86.9 Å². The van der Waals surface area contributed by atoms with Crippen LogP contribution in [0.25, 0.3) is 38.4 Å². The number of carboxylic acid groups (broad SMARTS) is 1. The van der Waals surface area contributed by atoms with Crippen LogP contribution in [0.15, 0.2) is 101 Å². The molecule has 0 fully saturated rings. The van der Waals surface area contributed by atoms with Crippen LogP contribution in [0.1, 0.15) is 73.3 Å². The first-order valence-corrected chi connectivity index (χ1v) is 25.9. The third-order valence-corrected chi connectivity index (χ3v) is 14.5. The molecule has 1 aliphatic carbocycles. The van der Waals surface area contributed by atoms with Gasteiger partial charge in [-0.15, -0.1) is 21.5 Å². The fourth-order valence-corrected chi connectivity index (χ4v) is 10.3. The van der Waals surface area contributed by atoms with E-state index in [0.29, 0.717) is 77.0 Å². The average Bonchev–Trinajstić information content (AvgIpc) is 3.94. The second kappa shape index (κ2) is 24.2. The monoisotopic (exact) mass is 1050 g/mol. The molecule has 3 aromatic carbocycles. The summed E-state index contributed by atoms with van der Waals surface area (Å²) < 4.78 is 27.5. The lowest BCUT2D eigenvalue weighted by Gasteiger charge is -2.22. The lowest BCUT2D eigenvalue weighted by atomic mass is 9.89. The van der Waals surface area contributed by atoms with E-state index in [1.54, 1.807) is 23.5 Å². The molecular formula is C57H63N9O9S. The molecule has 0 saturated carbocycles. The Balaban J connectivity index is 0.794. The Morgan fingerprint density at radius 1 is 0.855 bits per heavy atom. The van der Waals surface area contributed by atoms with Crippen molar-refractivity contribution in [3.63, 3.8) is 0 Å². The van der Waals surface area contributed by atoms with Gasteiger partial charge in [0, 0.05) is 94.3 Å². The number of carboxylic acids is 1. The molecule has 0 bridgehead atoms. The summed E-state index contributed by atoms with van der Waals surface area (Å²) in [6, 6.07) is 23.0. The smallest absolute Gasteiger partial charge is 0.251 e. The highest BCUT2D eigenvalue weighted by molar-refractivity contribution is 7.15. The van der Waals surface area contributed by atoms with E-state index in [4.69, 9.17) is 23.6 Å². The zero-order valence-corrected chi connectivity index (χ0v) is 44.9. The molecule has 3 aliphatic rings. The first kappa shape index (κ1) is 54.4. The van der Waals surface area contributed by atoms with Gasteiger partial charge in [-0.3, -0.25) is 23.9 Å². The van der Waals surface area contributed by atoms with E-state index in [1.807, 2.05) is 117 Å². The summed E-state index contributed by atoms with van der Waals surface area (Å²) in [6.07, 6.45) is 1.71. The lowest BCUT2D eigenvalue weighted by molar-refractivity contribution is -0.255. The number of ether oxygens (including phenoxy) is 3. The first-order valence-electron chi connectivity index (χ1n) is 25.1. The maximum atomic E-state index is 13.9. The van der Waals surface area contributed by atoms with Crippen LogP contribution in [-0.2, 0) is 23.8 Å². The molecule has 1 unspecified atom stereocenters. The van der Waals surface area contributed by atoms with Crippen molar-refractivity contribution < 1.29 is 42.9 Å². The number of amides is 3. The molecule has 3 amide bonds. The molecule has 2 atom stereocenters. The number of nitrogens with one attached hydrogen (secondary N) is 3. The highest BCUT2D eigenvalue weighted by Crippen LogP contribution is 2.43. The van der Waals surface area contributed by atoms with Crippen molar-refractivity contribution in [1.29, 1.82) is 0 Å². The summed E-state index contributed by atoms with van der Waals surface area (Å²) in [5.74, 6) is -1.06. The van der Waals surface area contributed by atoms with Crippen LogP contribution in [0.5, 0.6) is 0 Å². The highest BCUT2D eigenvalue weighted by atomic mass is 32.1. The van der Waals surface area contributed by atoms with Crippen LogP contribution in [0, 0.1) is 26.7 Å². The Morgan fingerprint density at radius 3 is 2.20 bits per heavy atom. The Morgan fingerprint density at radius 2 is 1.54 bits per heavy atom. The molecule has 8 rings (SSSR count). The number of fused-ring (bicyclic) bond motifs is 5. The van der Waals surface area contributed by atoms with Crippen molar-refractivity contribution in [3.05, 3.63) is 141 Å². The van der Waals surface area contributed by atoms with E-state index in [0.717, 1.165) is 43.3 Å². The molecule has 4 heterocycles. The van der Waals surface area contributed by atoms with Crippen molar-refractivity contribution in [2.45, 2.75) is 40.2 Å². The summed E-state index contributed by atoms with van der Waals surface area (Å²) in [7, 11) is 7.73. The van der Waals surface area contributed by atoms with Crippen LogP contribution < -0.4 is 35.9 Å². The van der Waals surface area contributed by atoms with Crippen molar-refractivity contribution in [2.24, 2.45) is 10.9 Å². The van der Waals surface area contributed by atoms with Crippen LogP contribution in [0.2, 0.25) is 0 Å². The summed E-state index contributed by atoms with van der Waals surface area (Å²) in [4.78, 5) is 60.3. The molecule has 18 nitrogen and oxygen atoms in total. The minimum atomic E-state index is -1.41. The van der Waals surface area contributed by atoms with Crippen LogP contribution in [0.3, 0.4) is 0 Å². The zero-order chi connectivity index (χ0) is 54.2. The van der Waals surface area contributed by atoms with Crippen molar-refractivity contribution >= 4 is 63.1 Å². The predicted molar refractivity (Wildman–Crippen MR) is 293 cm³/mol. The summed E-state index contributed by atoms with van der Waals surface area (Å²) in [5.41, 5.74) is 7.54. The maximum Gasteiger partial charge on any atom is 0.251 e. The van der Waals surface area contributed by atoms with Crippen molar-refractivity contribution in [3.8, 4) is 27.5 Å². The van der Waals surface area contributed by atoms with Gasteiger partial charge >= 0.3 is 0 Å². The van der Waals surface area contributed by atoms with Crippen molar-refractivity contribution in [1.82, 2.24) is 30.0 Å². The van der Waals surface area contributed by atoms with Gasteiger partial charge in [0.1, 0.15) is 42.3 Å². The number of rotatable bonds is 22. The molecule has 76 heavy (non-hydrogen) atoms. The predicted octanol–water partition coefficient (Wildman–Crippen LogP) is 5.87. The summed E-state index contributed by atoms with van der Waals surface area (Å²) in [6.45, 7) is 13.6. The Kier molecular flexibility index (Phi) is 17.3. The molecule has 0 radical (unpaired) electrons. The number of anilines is 2. The molecule has 2 aliphatic heterocycles. The molecule has 3 N–H and O–H groups in total. The average molecular weight is 1050 g/mol. The van der Waals surface area contributed by atoms with Gasteiger partial charge in [0.2, 0.25) is 17.2 Å².